The molecular formula is C62H41N2O2P. The fourth-order valence-corrected chi connectivity index (χ4v) is 13.0. The number of nitrogens with zero attached hydrogens (tertiary/aromatic N) is 2. The second kappa shape index (κ2) is 16.2. The molecule has 67 heavy (non-hydrogen) atoms. The number of nitriles is 1. The molecule has 0 aliphatic carbocycles. The molecule has 10 aromatic carbocycles. The predicted molar refractivity (Wildman–Crippen MR) is 274 cm³/mol. The van der Waals surface area contributed by atoms with Crippen molar-refractivity contribution >= 4 is 44.9 Å². The minimum Gasteiger partial charge on any atom is -0.457 e. The molecule has 0 bridgehead atoms. The summed E-state index contributed by atoms with van der Waals surface area (Å²) in [5, 5.41) is 14.4. The fourth-order valence-electron chi connectivity index (χ4n) is 10.4. The smallest absolute Gasteiger partial charge is 0.171 e. The molecule has 1 aromatic heterocycles. The Morgan fingerprint density at radius 1 is 0.418 bits per heavy atom. The van der Waals surface area contributed by atoms with Gasteiger partial charge in [0.15, 0.2) is 7.14 Å². The van der Waals surface area contributed by atoms with E-state index in [9.17, 15) is 5.26 Å². The van der Waals surface area contributed by atoms with Crippen LogP contribution in [-0.4, -0.2) is 4.57 Å². The summed E-state index contributed by atoms with van der Waals surface area (Å²) in [6.07, 6.45) is 0. The quantitative estimate of drug-likeness (QED) is 0.143. The Bertz CT molecular complexity index is 3670. The summed E-state index contributed by atoms with van der Waals surface area (Å²) in [5.41, 5.74) is 11.4. The van der Waals surface area contributed by atoms with Gasteiger partial charge in [0.1, 0.15) is 11.5 Å². The summed E-state index contributed by atoms with van der Waals surface area (Å²) in [7, 11) is -3.22. The van der Waals surface area contributed by atoms with Crippen molar-refractivity contribution in [2.75, 3.05) is 0 Å². The van der Waals surface area contributed by atoms with E-state index in [1.807, 2.05) is 97.1 Å². The van der Waals surface area contributed by atoms with Gasteiger partial charge in [-0.1, -0.05) is 188 Å². The lowest BCUT2D eigenvalue weighted by Crippen LogP contribution is -2.34. The van der Waals surface area contributed by atoms with E-state index in [1.54, 1.807) is 0 Å². The molecule has 0 fully saturated rings. The van der Waals surface area contributed by atoms with Gasteiger partial charge in [0.2, 0.25) is 0 Å². The Balaban J connectivity index is 1.04. The van der Waals surface area contributed by atoms with Crippen LogP contribution < -0.4 is 20.7 Å². The van der Waals surface area contributed by atoms with E-state index in [0.717, 1.165) is 99.4 Å². The van der Waals surface area contributed by atoms with Crippen molar-refractivity contribution in [2.45, 2.75) is 5.41 Å². The third-order valence-corrected chi connectivity index (χ3v) is 16.5. The van der Waals surface area contributed by atoms with Crippen molar-refractivity contribution in [1.82, 2.24) is 4.57 Å². The molecule has 1 aliphatic rings. The van der Waals surface area contributed by atoms with Crippen LogP contribution in [0, 0.1) is 11.3 Å². The number of para-hydroxylation sites is 1. The van der Waals surface area contributed by atoms with E-state index in [2.05, 4.69) is 162 Å². The summed E-state index contributed by atoms with van der Waals surface area (Å²) in [5.74, 6) is 1.51. The van der Waals surface area contributed by atoms with Gasteiger partial charge in [-0.2, -0.15) is 5.26 Å². The van der Waals surface area contributed by atoms with Crippen LogP contribution in [0.4, 0.5) is 0 Å². The highest BCUT2D eigenvalue weighted by Crippen LogP contribution is 2.56. The maximum atomic E-state index is 15.5. The molecule has 11 aromatic rings. The number of fused-ring (bicyclic) bond motifs is 5. The molecule has 12 rings (SSSR count). The number of benzene rings is 10. The van der Waals surface area contributed by atoms with Crippen LogP contribution in [0.25, 0.3) is 49.7 Å². The molecule has 0 saturated carbocycles. The highest BCUT2D eigenvalue weighted by Gasteiger charge is 2.45. The number of hydrogen-bond acceptors (Lipinski definition) is 3. The van der Waals surface area contributed by atoms with E-state index in [-0.39, 0.29) is 0 Å². The Morgan fingerprint density at radius 2 is 0.866 bits per heavy atom. The Hall–Kier alpha value is -8.48. The first-order chi connectivity index (χ1) is 33.0. The molecule has 0 unspecified atom stereocenters. The number of hydrogen-bond donors (Lipinski definition) is 0. The van der Waals surface area contributed by atoms with Crippen molar-refractivity contribution in [3.63, 3.8) is 0 Å². The molecule has 316 valence electrons. The van der Waals surface area contributed by atoms with Gasteiger partial charge in [-0.3, -0.25) is 0 Å². The first kappa shape index (κ1) is 40.1. The first-order valence-electron chi connectivity index (χ1n) is 22.5. The van der Waals surface area contributed by atoms with Crippen molar-refractivity contribution in [3.8, 4) is 45.5 Å². The number of rotatable bonds is 8. The second-order valence-electron chi connectivity index (χ2n) is 17.1. The Labute approximate surface area is 389 Å². The fraction of sp³-hybridized carbons (Fsp3) is 0.0161. The van der Waals surface area contributed by atoms with E-state index in [0.29, 0.717) is 5.56 Å². The minimum atomic E-state index is -3.22. The van der Waals surface area contributed by atoms with E-state index in [4.69, 9.17) is 4.74 Å². The van der Waals surface area contributed by atoms with Crippen LogP contribution in [0.15, 0.2) is 249 Å². The lowest BCUT2D eigenvalue weighted by atomic mass is 9.63. The van der Waals surface area contributed by atoms with E-state index < -0.39 is 12.6 Å². The molecule has 0 spiro atoms. The number of ether oxygens (including phenoxy) is 1. The SMILES string of the molecule is N#Cc1ccc2c(c1)c1cc(-c3ccc4c(c3)Oc3cc(-c5cccc(P(=O)(c6ccccc6)c6ccccc6)c5)ccc3C4(c3ccccc3)c3ccccc3)ccc1n2-c1ccccc1. The average Bonchev–Trinajstić information content (AvgIpc) is 3.73. The van der Waals surface area contributed by atoms with Gasteiger partial charge in [0, 0.05) is 43.5 Å². The Morgan fingerprint density at radius 3 is 1.42 bits per heavy atom. The second-order valence-corrected chi connectivity index (χ2v) is 19.9. The molecule has 4 nitrogen and oxygen atoms in total. The monoisotopic (exact) mass is 876 g/mol. The molecule has 5 heteroatoms. The highest BCUT2D eigenvalue weighted by molar-refractivity contribution is 7.85. The van der Waals surface area contributed by atoms with Gasteiger partial charge >= 0.3 is 0 Å². The topological polar surface area (TPSA) is 55.0 Å². The molecule has 2 heterocycles. The standard InChI is InChI=1S/C62H41N2O2P/c63-42-43-29-35-58-54(37-43)55-39-45(32-36-59(55)64(58)50-22-10-3-11-23-50)47-31-34-57-61(41-47)66-60-40-46(30-33-56(60)62(57,48-18-6-1-7-19-48)49-20-8-2-9-21-49)44-17-16-28-53(38-44)67(65,51-24-12-4-13-25-51)52-26-14-5-15-27-52/h1-41H. The van der Waals surface area contributed by atoms with Crippen molar-refractivity contribution < 1.29 is 9.30 Å². The summed E-state index contributed by atoms with van der Waals surface area (Å²) in [6.45, 7) is 0. The summed E-state index contributed by atoms with van der Waals surface area (Å²) in [6, 6.07) is 87.7. The van der Waals surface area contributed by atoms with Crippen LogP contribution in [0.2, 0.25) is 0 Å². The highest BCUT2D eigenvalue weighted by atomic mass is 31.2. The Kier molecular flexibility index (Phi) is 9.68. The lowest BCUT2D eigenvalue weighted by molar-refractivity contribution is 0.435. The first-order valence-corrected chi connectivity index (χ1v) is 24.2. The van der Waals surface area contributed by atoms with Crippen LogP contribution >= 0.6 is 7.14 Å². The van der Waals surface area contributed by atoms with Crippen LogP contribution in [0.3, 0.4) is 0 Å². The van der Waals surface area contributed by atoms with E-state index >= 15 is 4.57 Å². The molecular weight excluding hydrogens is 836 g/mol. The maximum Gasteiger partial charge on any atom is 0.171 e. The molecule has 0 atom stereocenters. The zero-order valence-electron chi connectivity index (χ0n) is 36.3. The van der Waals surface area contributed by atoms with Crippen LogP contribution in [0.1, 0.15) is 27.8 Å². The molecule has 1 aliphatic heterocycles. The van der Waals surface area contributed by atoms with Gasteiger partial charge in [-0.15, -0.1) is 0 Å². The third kappa shape index (κ3) is 6.47. The summed E-state index contributed by atoms with van der Waals surface area (Å²) >= 11 is 0. The van der Waals surface area contributed by atoms with E-state index in [1.165, 1.54) is 0 Å². The van der Waals surface area contributed by atoms with Crippen molar-refractivity contribution in [3.05, 3.63) is 277 Å². The van der Waals surface area contributed by atoms with Gasteiger partial charge in [0.25, 0.3) is 0 Å². The van der Waals surface area contributed by atoms with Gasteiger partial charge in [0.05, 0.1) is 28.1 Å². The molecule has 0 amide bonds. The molecule has 0 N–H and O–H groups in total. The summed E-state index contributed by atoms with van der Waals surface area (Å²) < 4.78 is 25.0. The maximum absolute atomic E-state index is 15.5. The van der Waals surface area contributed by atoms with Crippen LogP contribution in [0.5, 0.6) is 11.5 Å². The third-order valence-electron chi connectivity index (χ3n) is 13.4. The molecule has 0 radical (unpaired) electrons. The summed E-state index contributed by atoms with van der Waals surface area (Å²) in [4.78, 5) is 0. The molecule has 0 saturated heterocycles. The lowest BCUT2D eigenvalue weighted by Gasteiger charge is -2.42. The van der Waals surface area contributed by atoms with Crippen molar-refractivity contribution in [2.24, 2.45) is 0 Å². The van der Waals surface area contributed by atoms with Gasteiger partial charge in [-0.05, 0) is 94.0 Å². The predicted octanol–water partition coefficient (Wildman–Crippen LogP) is 14.1. The average molecular weight is 877 g/mol. The minimum absolute atomic E-state index is 0.622. The zero-order valence-corrected chi connectivity index (χ0v) is 37.2. The number of aromatic nitrogens is 1. The van der Waals surface area contributed by atoms with Crippen molar-refractivity contribution in [1.29, 1.82) is 5.26 Å². The van der Waals surface area contributed by atoms with Crippen LogP contribution in [-0.2, 0) is 9.98 Å². The van der Waals surface area contributed by atoms with Gasteiger partial charge < -0.3 is 13.9 Å². The van der Waals surface area contributed by atoms with Gasteiger partial charge in [-0.25, -0.2) is 0 Å². The largest absolute Gasteiger partial charge is 0.457 e. The zero-order chi connectivity index (χ0) is 45.0. The normalized spacial score (nSPS) is 12.8.